The van der Waals surface area contributed by atoms with Crippen molar-refractivity contribution in [1.82, 2.24) is 20.2 Å². The van der Waals surface area contributed by atoms with Crippen molar-refractivity contribution in [2.75, 3.05) is 5.32 Å². The first kappa shape index (κ1) is 19.3. The quantitative estimate of drug-likeness (QED) is 0.479. The third kappa shape index (κ3) is 3.78. The molecule has 11 heteroatoms. The van der Waals surface area contributed by atoms with E-state index in [4.69, 9.17) is 5.11 Å². The lowest BCUT2D eigenvalue weighted by molar-refractivity contribution is 0.0691. The number of rotatable bonds is 5. The van der Waals surface area contributed by atoms with Crippen LogP contribution in [0.1, 0.15) is 32.3 Å². The molecule has 4 aromatic rings. The van der Waals surface area contributed by atoms with Gasteiger partial charge in [0.25, 0.3) is 0 Å². The van der Waals surface area contributed by atoms with Crippen LogP contribution in [-0.4, -0.2) is 31.2 Å². The lowest BCUT2D eigenvalue weighted by atomic mass is 10.1. The van der Waals surface area contributed by atoms with Crippen LogP contribution >= 0.6 is 22.7 Å². The number of halogens is 2. The van der Waals surface area contributed by atoms with E-state index in [1.54, 1.807) is 0 Å². The smallest absolute Gasteiger partial charge is 0.355 e. The lowest BCUT2D eigenvalue weighted by Gasteiger charge is -2.10. The molecule has 0 bridgehead atoms. The molecule has 0 saturated heterocycles. The van der Waals surface area contributed by atoms with E-state index in [1.165, 1.54) is 28.1 Å². The molecule has 148 valence electrons. The maximum atomic E-state index is 13.4. The van der Waals surface area contributed by atoms with Gasteiger partial charge in [-0.1, -0.05) is 11.3 Å². The van der Waals surface area contributed by atoms with E-state index in [9.17, 15) is 13.6 Å². The van der Waals surface area contributed by atoms with Crippen LogP contribution in [0.2, 0.25) is 0 Å². The highest BCUT2D eigenvalue weighted by molar-refractivity contribution is 7.22. The molecule has 0 amide bonds. The number of nitrogens with one attached hydrogen (secondary N) is 1. The topological polar surface area (TPSA) is 101 Å². The first-order chi connectivity index (χ1) is 13.8. The van der Waals surface area contributed by atoms with Crippen molar-refractivity contribution in [3.8, 4) is 0 Å². The highest BCUT2D eigenvalue weighted by Crippen LogP contribution is 2.31. The monoisotopic (exact) mass is 433 g/mol. The first-order valence-electron chi connectivity index (χ1n) is 8.35. The second kappa shape index (κ2) is 7.41. The number of hydrogen-bond acceptors (Lipinski definition) is 8. The number of aromatic nitrogens is 4. The van der Waals surface area contributed by atoms with Gasteiger partial charge in [0.2, 0.25) is 0 Å². The number of nitrogens with zero attached hydrogens (tertiary/aromatic N) is 4. The van der Waals surface area contributed by atoms with Crippen LogP contribution in [0.15, 0.2) is 17.5 Å². The molecule has 0 aliphatic rings. The maximum absolute atomic E-state index is 13.4. The molecule has 29 heavy (non-hydrogen) atoms. The minimum atomic E-state index is -1.07. The fraction of sp³-hybridized carbons (Fsp3) is 0.167. The van der Waals surface area contributed by atoms with Crippen LogP contribution in [0.5, 0.6) is 0 Å². The van der Waals surface area contributed by atoms with Gasteiger partial charge >= 0.3 is 5.97 Å². The molecule has 0 saturated carbocycles. The Morgan fingerprint density at radius 1 is 1.14 bits per heavy atom. The number of carboxylic acids is 1. The molecule has 0 unspecified atom stereocenters. The fourth-order valence-corrected chi connectivity index (χ4v) is 4.30. The van der Waals surface area contributed by atoms with Crippen molar-refractivity contribution in [1.29, 1.82) is 0 Å². The van der Waals surface area contributed by atoms with Crippen molar-refractivity contribution in [3.05, 3.63) is 56.7 Å². The van der Waals surface area contributed by atoms with E-state index >= 15 is 0 Å². The molecule has 4 rings (SSSR count). The Balaban J connectivity index is 1.59. The predicted octanol–water partition coefficient (Wildman–Crippen LogP) is 4.47. The SMILES string of the molecule is Cc1c(Cc2nc(C(=O)O)cs2)nnc(Nc2nc3cc(F)c(F)cc3s2)c1C. The molecule has 0 aliphatic heterocycles. The van der Waals surface area contributed by atoms with Gasteiger partial charge in [-0.05, 0) is 31.0 Å². The van der Waals surface area contributed by atoms with Crippen molar-refractivity contribution in [2.24, 2.45) is 0 Å². The minimum Gasteiger partial charge on any atom is -0.476 e. The zero-order chi connectivity index (χ0) is 20.7. The minimum absolute atomic E-state index is 0.00864. The molecule has 0 spiro atoms. The Labute approximate surface area is 171 Å². The molecule has 1 aromatic carbocycles. The number of carboxylic acid groups (broad SMARTS) is 1. The zero-order valence-electron chi connectivity index (χ0n) is 15.2. The summed E-state index contributed by atoms with van der Waals surface area (Å²) in [5, 5.41) is 23.0. The Morgan fingerprint density at radius 3 is 2.62 bits per heavy atom. The van der Waals surface area contributed by atoms with Crippen LogP contribution in [0.25, 0.3) is 10.2 Å². The van der Waals surface area contributed by atoms with E-state index in [0.717, 1.165) is 23.3 Å². The number of fused-ring (bicyclic) bond motifs is 1. The maximum Gasteiger partial charge on any atom is 0.355 e. The van der Waals surface area contributed by atoms with Gasteiger partial charge in [0.05, 0.1) is 20.9 Å². The van der Waals surface area contributed by atoms with Gasteiger partial charge in [-0.25, -0.2) is 23.5 Å². The largest absolute Gasteiger partial charge is 0.476 e. The molecule has 0 aliphatic carbocycles. The summed E-state index contributed by atoms with van der Waals surface area (Å²) in [7, 11) is 0. The molecule has 3 heterocycles. The number of anilines is 2. The standard InChI is InChI=1S/C18H13F2N5O2S2/c1-7-8(2)16(23-18-22-12-3-9(19)10(20)4-14(12)29-18)25-24-11(7)5-15-21-13(6-28-15)17(26)27/h3-4,6H,5H2,1-2H3,(H,26,27)(H,22,23,25). The van der Waals surface area contributed by atoms with Crippen molar-refractivity contribution < 1.29 is 18.7 Å². The van der Waals surface area contributed by atoms with Gasteiger partial charge in [0.15, 0.2) is 28.3 Å². The summed E-state index contributed by atoms with van der Waals surface area (Å²) >= 11 is 2.44. The summed E-state index contributed by atoms with van der Waals surface area (Å²) in [5.41, 5.74) is 2.77. The first-order valence-corrected chi connectivity index (χ1v) is 10.0. The Morgan fingerprint density at radius 2 is 1.90 bits per heavy atom. The van der Waals surface area contributed by atoms with Gasteiger partial charge in [-0.2, -0.15) is 5.10 Å². The highest BCUT2D eigenvalue weighted by atomic mass is 32.1. The summed E-state index contributed by atoms with van der Waals surface area (Å²) in [4.78, 5) is 19.3. The van der Waals surface area contributed by atoms with Crippen molar-refractivity contribution in [3.63, 3.8) is 0 Å². The van der Waals surface area contributed by atoms with E-state index in [1.807, 2.05) is 13.8 Å². The van der Waals surface area contributed by atoms with Crippen molar-refractivity contribution >= 4 is 49.8 Å². The van der Waals surface area contributed by atoms with Gasteiger partial charge in [0.1, 0.15) is 0 Å². The van der Waals surface area contributed by atoms with Crippen LogP contribution in [0.4, 0.5) is 19.7 Å². The molecule has 0 atom stereocenters. The predicted molar refractivity (Wildman–Crippen MR) is 106 cm³/mol. The second-order valence-corrected chi connectivity index (χ2v) is 8.21. The third-order valence-corrected chi connectivity index (χ3v) is 6.15. The van der Waals surface area contributed by atoms with E-state index in [2.05, 4.69) is 25.5 Å². The summed E-state index contributed by atoms with van der Waals surface area (Å²) in [6.45, 7) is 3.76. The molecule has 7 nitrogen and oxygen atoms in total. The number of thiazole rings is 2. The number of benzene rings is 1. The zero-order valence-corrected chi connectivity index (χ0v) is 16.8. The van der Waals surface area contributed by atoms with Gasteiger partial charge in [0, 0.05) is 17.9 Å². The van der Waals surface area contributed by atoms with Gasteiger partial charge < -0.3 is 10.4 Å². The third-order valence-electron chi connectivity index (χ3n) is 4.37. The number of hydrogen-bond donors (Lipinski definition) is 2. The van der Waals surface area contributed by atoms with E-state index in [-0.39, 0.29) is 5.69 Å². The Bertz CT molecular complexity index is 1220. The van der Waals surface area contributed by atoms with Gasteiger partial charge in [-0.3, -0.25) is 0 Å². The Kier molecular flexibility index (Phi) is 4.92. The van der Waals surface area contributed by atoms with E-state index in [0.29, 0.717) is 38.3 Å². The summed E-state index contributed by atoms with van der Waals surface area (Å²) in [6.07, 6.45) is 0.373. The molecule has 0 radical (unpaired) electrons. The summed E-state index contributed by atoms with van der Waals surface area (Å²) < 4.78 is 27.3. The van der Waals surface area contributed by atoms with Crippen molar-refractivity contribution in [2.45, 2.75) is 20.3 Å². The number of aromatic carboxylic acids is 1. The van der Waals surface area contributed by atoms with E-state index < -0.39 is 17.6 Å². The lowest BCUT2D eigenvalue weighted by Crippen LogP contribution is -2.06. The molecule has 2 N–H and O–H groups in total. The fourth-order valence-electron chi connectivity index (χ4n) is 2.65. The van der Waals surface area contributed by atoms with Gasteiger partial charge in [-0.15, -0.1) is 16.4 Å². The average molecular weight is 433 g/mol. The molecule has 3 aromatic heterocycles. The molecular formula is C18H13F2N5O2S2. The summed E-state index contributed by atoms with van der Waals surface area (Å²) in [6, 6.07) is 2.17. The molecular weight excluding hydrogens is 420 g/mol. The highest BCUT2D eigenvalue weighted by Gasteiger charge is 2.16. The average Bonchev–Trinajstić information content (AvgIpc) is 3.28. The van der Waals surface area contributed by atoms with Crippen LogP contribution in [0, 0.1) is 25.5 Å². The second-order valence-electron chi connectivity index (χ2n) is 6.23. The van der Waals surface area contributed by atoms with Crippen LogP contribution < -0.4 is 5.32 Å². The summed E-state index contributed by atoms with van der Waals surface area (Å²) in [5.74, 6) is -2.45. The van der Waals surface area contributed by atoms with Crippen LogP contribution in [0.3, 0.4) is 0 Å². The molecule has 0 fully saturated rings. The number of carbonyl (C=O) groups is 1. The Hall–Kier alpha value is -3.05. The normalized spacial score (nSPS) is 11.2. The van der Waals surface area contributed by atoms with Crippen LogP contribution in [-0.2, 0) is 6.42 Å².